The van der Waals surface area contributed by atoms with Gasteiger partial charge in [-0.15, -0.1) is 0 Å². The van der Waals surface area contributed by atoms with Crippen LogP contribution in [0.2, 0.25) is 5.28 Å². The Balaban J connectivity index is 1.39. The number of anilines is 1. The first kappa shape index (κ1) is 30.9. The maximum absolute atomic E-state index is 14.4. The summed E-state index contributed by atoms with van der Waals surface area (Å²) in [7, 11) is -4.30. The quantitative estimate of drug-likeness (QED) is 0.115. The largest absolute Gasteiger partial charge is 0.460 e. The Bertz CT molecular complexity index is 1590. The number of ether oxygens (including phenoxy) is 2. The molecule has 0 bridgehead atoms. The average molecular weight is 631 g/mol. The number of nitrogens with zero attached hydrogens (tertiary/aromatic N) is 4. The number of aliphatic hydroxyl groups excluding tert-OH is 1. The van der Waals surface area contributed by atoms with Gasteiger partial charge in [0.2, 0.25) is 5.28 Å². The van der Waals surface area contributed by atoms with Gasteiger partial charge in [-0.1, -0.05) is 62.4 Å². The molecule has 2 unspecified atom stereocenters. The second-order valence-corrected chi connectivity index (χ2v) is 12.2. The summed E-state index contributed by atoms with van der Waals surface area (Å²) in [5.74, 6) is -0.635. The lowest BCUT2D eigenvalue weighted by molar-refractivity contribution is -0.148. The molecule has 0 amide bonds. The van der Waals surface area contributed by atoms with Gasteiger partial charge in [0, 0.05) is 6.42 Å². The topological polar surface area (TPSA) is 173 Å². The monoisotopic (exact) mass is 630 g/mol. The predicted octanol–water partition coefficient (Wildman–Crippen LogP) is 4.27. The van der Waals surface area contributed by atoms with Crippen molar-refractivity contribution in [2.75, 3.05) is 12.3 Å². The standard InChI is InChI=1S/C28H32ClN6O7P/c1-17(2)23(27(37)39-15-18-9-5-3-6-10-18)34-43(38,41-19-11-7-4-8-12-19)42-20-13-22(40-21(20)14-36)35-16-31-24-25(30)32-28(29)33-26(24)35/h3-12,16-17,20-23,36H,13-15H2,1-2H3,(H,34,38)(H2,30,32,33)/t20?,21-,22-,23+,43?/m1/s1. The van der Waals surface area contributed by atoms with Crippen molar-refractivity contribution in [1.29, 1.82) is 0 Å². The van der Waals surface area contributed by atoms with Crippen LogP contribution in [-0.4, -0.2) is 55.5 Å². The highest BCUT2D eigenvalue weighted by atomic mass is 35.5. The Morgan fingerprint density at radius 2 is 1.88 bits per heavy atom. The van der Waals surface area contributed by atoms with Crippen LogP contribution in [-0.2, 0) is 30.0 Å². The van der Waals surface area contributed by atoms with Crippen LogP contribution in [0.1, 0.15) is 32.1 Å². The summed E-state index contributed by atoms with van der Waals surface area (Å²) in [4.78, 5) is 25.6. The van der Waals surface area contributed by atoms with Gasteiger partial charge in [-0.2, -0.15) is 15.1 Å². The number of carbonyl (C=O) groups excluding carboxylic acids is 1. The minimum Gasteiger partial charge on any atom is -0.460 e. The van der Waals surface area contributed by atoms with E-state index in [4.69, 9.17) is 35.9 Å². The van der Waals surface area contributed by atoms with Crippen molar-refractivity contribution in [3.05, 3.63) is 77.8 Å². The molecule has 0 aliphatic carbocycles. The minimum atomic E-state index is -4.30. The van der Waals surface area contributed by atoms with E-state index in [1.165, 1.54) is 6.33 Å². The molecular weight excluding hydrogens is 599 g/mol. The van der Waals surface area contributed by atoms with Crippen molar-refractivity contribution in [3.63, 3.8) is 0 Å². The number of esters is 1. The smallest absolute Gasteiger partial charge is 0.459 e. The number of para-hydroxylation sites is 1. The summed E-state index contributed by atoms with van der Waals surface area (Å²) in [6.07, 6.45) is -0.998. The molecular formula is C28H32ClN6O7P. The number of imidazole rings is 1. The molecule has 1 fully saturated rings. The van der Waals surface area contributed by atoms with Crippen molar-refractivity contribution in [1.82, 2.24) is 24.6 Å². The molecule has 15 heteroatoms. The van der Waals surface area contributed by atoms with Crippen LogP contribution in [0.25, 0.3) is 11.2 Å². The molecule has 228 valence electrons. The fourth-order valence-electron chi connectivity index (χ4n) is 4.61. The molecule has 5 atom stereocenters. The van der Waals surface area contributed by atoms with Crippen LogP contribution in [0.5, 0.6) is 5.75 Å². The van der Waals surface area contributed by atoms with Crippen LogP contribution < -0.4 is 15.3 Å². The second kappa shape index (κ2) is 13.4. The molecule has 3 heterocycles. The molecule has 0 spiro atoms. The fourth-order valence-corrected chi connectivity index (χ4v) is 6.66. The van der Waals surface area contributed by atoms with Gasteiger partial charge < -0.3 is 24.8 Å². The third-order valence-electron chi connectivity index (χ3n) is 6.78. The van der Waals surface area contributed by atoms with E-state index < -0.39 is 44.8 Å². The number of carbonyl (C=O) groups is 1. The van der Waals surface area contributed by atoms with E-state index in [2.05, 4.69) is 20.0 Å². The van der Waals surface area contributed by atoms with Crippen molar-refractivity contribution in [3.8, 4) is 5.75 Å². The molecule has 43 heavy (non-hydrogen) atoms. The number of nitrogens with one attached hydrogen (secondary N) is 1. The van der Waals surface area contributed by atoms with E-state index in [9.17, 15) is 14.5 Å². The molecule has 0 radical (unpaired) electrons. The van der Waals surface area contributed by atoms with Gasteiger partial charge in [-0.25, -0.2) is 9.55 Å². The van der Waals surface area contributed by atoms with E-state index in [0.29, 0.717) is 11.2 Å². The van der Waals surface area contributed by atoms with Gasteiger partial charge in [0.15, 0.2) is 11.5 Å². The number of aliphatic hydroxyl groups is 1. The first-order chi connectivity index (χ1) is 20.7. The molecule has 0 saturated carbocycles. The number of halogens is 1. The van der Waals surface area contributed by atoms with Crippen LogP contribution >= 0.6 is 19.3 Å². The molecule has 2 aromatic heterocycles. The zero-order valence-corrected chi connectivity index (χ0v) is 25.1. The van der Waals surface area contributed by atoms with E-state index in [1.54, 1.807) is 48.7 Å². The van der Waals surface area contributed by atoms with Crippen molar-refractivity contribution in [2.24, 2.45) is 5.92 Å². The summed E-state index contributed by atoms with van der Waals surface area (Å²) < 4.78 is 39.6. The van der Waals surface area contributed by atoms with E-state index in [0.717, 1.165) is 5.56 Å². The Morgan fingerprint density at radius 3 is 2.56 bits per heavy atom. The van der Waals surface area contributed by atoms with Gasteiger partial charge in [-0.3, -0.25) is 13.9 Å². The number of fused-ring (bicyclic) bond motifs is 1. The number of rotatable bonds is 12. The summed E-state index contributed by atoms with van der Waals surface area (Å²) in [5, 5.41) is 12.9. The molecule has 1 saturated heterocycles. The number of hydrogen-bond donors (Lipinski definition) is 3. The molecule has 5 rings (SSSR count). The SMILES string of the molecule is CC(C)[C@H](NP(=O)(Oc1ccccc1)OC1C[C@H](n2cnc3c(N)nc(Cl)nc32)O[C@@H]1CO)C(=O)OCc1ccccc1. The third kappa shape index (κ3) is 7.32. The van der Waals surface area contributed by atoms with Crippen molar-refractivity contribution >= 4 is 42.3 Å². The number of hydrogen-bond acceptors (Lipinski definition) is 11. The molecule has 4 N–H and O–H groups in total. The van der Waals surface area contributed by atoms with Crippen molar-refractivity contribution in [2.45, 2.75) is 51.4 Å². The summed E-state index contributed by atoms with van der Waals surface area (Å²) >= 11 is 6.02. The lowest BCUT2D eigenvalue weighted by Crippen LogP contribution is -2.42. The number of benzene rings is 2. The molecule has 1 aliphatic rings. The predicted molar refractivity (Wildman–Crippen MR) is 158 cm³/mol. The summed E-state index contributed by atoms with van der Waals surface area (Å²) in [6, 6.07) is 16.6. The maximum atomic E-state index is 14.4. The van der Waals surface area contributed by atoms with Crippen molar-refractivity contribution < 1.29 is 33.0 Å². The summed E-state index contributed by atoms with van der Waals surface area (Å²) in [5.41, 5.74) is 7.39. The Labute approximate surface area is 252 Å². The van der Waals surface area contributed by atoms with E-state index in [-0.39, 0.29) is 35.8 Å². The second-order valence-electron chi connectivity index (χ2n) is 10.2. The molecule has 4 aromatic rings. The first-order valence-corrected chi connectivity index (χ1v) is 15.5. The molecule has 1 aliphatic heterocycles. The number of aromatic nitrogens is 4. The zero-order valence-electron chi connectivity index (χ0n) is 23.4. The highest BCUT2D eigenvalue weighted by Crippen LogP contribution is 2.50. The lowest BCUT2D eigenvalue weighted by Gasteiger charge is -2.29. The van der Waals surface area contributed by atoms with Gasteiger partial charge in [0.05, 0.1) is 12.9 Å². The fraction of sp³-hybridized carbons (Fsp3) is 0.357. The van der Waals surface area contributed by atoms with Crippen LogP contribution in [0.3, 0.4) is 0 Å². The third-order valence-corrected chi connectivity index (χ3v) is 8.54. The average Bonchev–Trinajstić information content (AvgIpc) is 3.59. The molecule has 13 nitrogen and oxygen atoms in total. The Morgan fingerprint density at radius 1 is 1.19 bits per heavy atom. The first-order valence-electron chi connectivity index (χ1n) is 13.6. The molecule has 2 aromatic carbocycles. The van der Waals surface area contributed by atoms with E-state index >= 15 is 0 Å². The van der Waals surface area contributed by atoms with Gasteiger partial charge in [0.1, 0.15) is 42.4 Å². The summed E-state index contributed by atoms with van der Waals surface area (Å²) in [6.45, 7) is 3.14. The van der Waals surface area contributed by atoms with Gasteiger partial charge in [0.25, 0.3) is 0 Å². The van der Waals surface area contributed by atoms with Gasteiger partial charge in [-0.05, 0) is 35.2 Å². The maximum Gasteiger partial charge on any atom is 0.459 e. The minimum absolute atomic E-state index is 0.0386. The van der Waals surface area contributed by atoms with Crippen LogP contribution in [0.4, 0.5) is 5.82 Å². The highest BCUT2D eigenvalue weighted by molar-refractivity contribution is 7.52. The Hall–Kier alpha value is -3.58. The number of nitrogens with two attached hydrogens (primary N) is 1. The van der Waals surface area contributed by atoms with E-state index in [1.807, 2.05) is 30.3 Å². The Kier molecular flexibility index (Phi) is 9.60. The van der Waals surface area contributed by atoms with Gasteiger partial charge >= 0.3 is 13.7 Å². The zero-order chi connectivity index (χ0) is 30.6. The lowest BCUT2D eigenvalue weighted by atomic mass is 10.1. The van der Waals surface area contributed by atoms with Crippen LogP contribution in [0.15, 0.2) is 67.0 Å². The number of nitrogen functional groups attached to an aromatic ring is 1. The normalized spacial score (nSPS) is 20.6. The van der Waals surface area contributed by atoms with Crippen LogP contribution in [0, 0.1) is 5.92 Å². The highest BCUT2D eigenvalue weighted by Gasteiger charge is 2.45.